The van der Waals surface area contributed by atoms with Crippen LogP contribution in [0.1, 0.15) is 0 Å². The molecule has 0 saturated heterocycles. The van der Waals surface area contributed by atoms with Crippen molar-refractivity contribution in [3.05, 3.63) is 170 Å². The predicted octanol–water partition coefficient (Wildman–Crippen LogP) is 13.0. The summed E-state index contributed by atoms with van der Waals surface area (Å²) in [4.78, 5) is 20.1. The monoisotopic (exact) mass is 708 g/mol. The third-order valence-electron chi connectivity index (χ3n) is 10.1. The van der Waals surface area contributed by atoms with Gasteiger partial charge in [0.2, 0.25) is 0 Å². The van der Waals surface area contributed by atoms with Crippen molar-refractivity contribution >= 4 is 65.0 Å². The molecule has 5 nitrogen and oxygen atoms in total. The Bertz CT molecular complexity index is 3220. The minimum absolute atomic E-state index is 0.632. The highest BCUT2D eigenvalue weighted by molar-refractivity contribution is 7.22. The van der Waals surface area contributed by atoms with E-state index >= 15 is 0 Å². The quantitative estimate of drug-likeness (QED) is 0.178. The van der Waals surface area contributed by atoms with Gasteiger partial charge in [0, 0.05) is 44.7 Å². The van der Waals surface area contributed by atoms with Gasteiger partial charge in [-0.2, -0.15) is 0 Å². The molecule has 11 rings (SSSR count). The largest absolute Gasteiger partial charge is 0.456 e. The summed E-state index contributed by atoms with van der Waals surface area (Å²) in [5.41, 5.74) is 8.83. The summed E-state index contributed by atoms with van der Waals surface area (Å²) in [6.07, 6.45) is 0. The maximum absolute atomic E-state index is 6.44. The molecule has 8 aromatic carbocycles. The SMILES string of the molecule is c1ccc(-c2nc(-c3ccc4ccccc4c3)nc(-c3ccc4cc(-c5c6sc(-c7ccccc7)nc6cc6oc7ccccc7c56)ccc4c3)n2)cc1. The van der Waals surface area contributed by atoms with Gasteiger partial charge in [0.1, 0.15) is 16.2 Å². The zero-order valence-electron chi connectivity index (χ0n) is 28.8. The number of benzene rings is 8. The highest BCUT2D eigenvalue weighted by atomic mass is 32.1. The van der Waals surface area contributed by atoms with Crippen molar-refractivity contribution in [3.63, 3.8) is 0 Å². The molecule has 0 unspecified atom stereocenters. The Balaban J connectivity index is 1.07. The van der Waals surface area contributed by atoms with Gasteiger partial charge >= 0.3 is 0 Å². The molecule has 3 aromatic heterocycles. The number of hydrogen-bond acceptors (Lipinski definition) is 6. The van der Waals surface area contributed by atoms with Gasteiger partial charge in [-0.3, -0.25) is 0 Å². The highest BCUT2D eigenvalue weighted by Gasteiger charge is 2.21. The van der Waals surface area contributed by atoms with E-state index in [2.05, 4.69) is 121 Å². The zero-order chi connectivity index (χ0) is 35.6. The fraction of sp³-hybridized carbons (Fsp3) is 0. The second-order valence-corrected chi connectivity index (χ2v) is 14.5. The van der Waals surface area contributed by atoms with E-state index in [1.54, 1.807) is 11.3 Å². The molecule has 11 aromatic rings. The maximum Gasteiger partial charge on any atom is 0.164 e. The van der Waals surface area contributed by atoms with E-state index in [0.29, 0.717) is 17.5 Å². The Labute approximate surface area is 313 Å². The molecule has 0 aliphatic carbocycles. The number of aromatic nitrogens is 4. The van der Waals surface area contributed by atoms with Gasteiger partial charge in [-0.25, -0.2) is 19.9 Å². The van der Waals surface area contributed by atoms with Crippen molar-refractivity contribution in [2.45, 2.75) is 0 Å². The number of nitrogens with zero attached hydrogens (tertiary/aromatic N) is 4. The lowest BCUT2D eigenvalue weighted by molar-refractivity contribution is 0.669. The second-order valence-electron chi connectivity index (χ2n) is 13.5. The summed E-state index contributed by atoms with van der Waals surface area (Å²) in [6, 6.07) is 58.7. The molecular formula is C48H28N4OS. The predicted molar refractivity (Wildman–Crippen MR) is 222 cm³/mol. The maximum atomic E-state index is 6.44. The summed E-state index contributed by atoms with van der Waals surface area (Å²) in [5.74, 6) is 1.92. The van der Waals surface area contributed by atoms with E-state index in [9.17, 15) is 0 Å². The van der Waals surface area contributed by atoms with Gasteiger partial charge < -0.3 is 4.42 Å². The van der Waals surface area contributed by atoms with E-state index < -0.39 is 0 Å². The summed E-state index contributed by atoms with van der Waals surface area (Å²) in [5, 5.41) is 7.74. The number of rotatable bonds is 5. The lowest BCUT2D eigenvalue weighted by Gasteiger charge is -2.11. The lowest BCUT2D eigenvalue weighted by Crippen LogP contribution is -2.00. The number of furan rings is 1. The fourth-order valence-electron chi connectivity index (χ4n) is 7.47. The van der Waals surface area contributed by atoms with Crippen molar-refractivity contribution in [2.24, 2.45) is 0 Å². The van der Waals surface area contributed by atoms with E-state index in [4.69, 9.17) is 24.4 Å². The Kier molecular flexibility index (Phi) is 6.97. The molecule has 0 bridgehead atoms. The van der Waals surface area contributed by atoms with Crippen LogP contribution in [0.3, 0.4) is 0 Å². The third-order valence-corrected chi connectivity index (χ3v) is 11.2. The van der Waals surface area contributed by atoms with Crippen LogP contribution in [0, 0.1) is 0 Å². The molecule has 0 fully saturated rings. The molecule has 0 aliphatic heterocycles. The summed E-state index contributed by atoms with van der Waals surface area (Å²) in [7, 11) is 0. The summed E-state index contributed by atoms with van der Waals surface area (Å²) in [6.45, 7) is 0. The fourth-order valence-corrected chi connectivity index (χ4v) is 8.59. The average Bonchev–Trinajstić information content (AvgIpc) is 3.84. The van der Waals surface area contributed by atoms with Crippen LogP contribution in [-0.2, 0) is 0 Å². The molecule has 0 amide bonds. The first kappa shape index (κ1) is 30.6. The molecule has 0 N–H and O–H groups in total. The molecule has 0 aliphatic rings. The van der Waals surface area contributed by atoms with Gasteiger partial charge in [0.05, 0.1) is 10.2 Å². The number of para-hydroxylation sites is 1. The molecule has 252 valence electrons. The van der Waals surface area contributed by atoms with Crippen LogP contribution in [0.15, 0.2) is 174 Å². The number of hydrogen-bond donors (Lipinski definition) is 0. The molecular weight excluding hydrogens is 681 g/mol. The Morgan fingerprint density at radius 2 is 0.926 bits per heavy atom. The minimum Gasteiger partial charge on any atom is -0.456 e. The smallest absolute Gasteiger partial charge is 0.164 e. The molecule has 0 spiro atoms. The van der Waals surface area contributed by atoms with Crippen LogP contribution in [-0.4, -0.2) is 19.9 Å². The first-order chi connectivity index (χ1) is 26.7. The highest BCUT2D eigenvalue weighted by Crippen LogP contribution is 2.45. The van der Waals surface area contributed by atoms with Crippen LogP contribution in [0.2, 0.25) is 0 Å². The van der Waals surface area contributed by atoms with E-state index in [1.165, 1.54) is 5.39 Å². The second kappa shape index (κ2) is 12.3. The van der Waals surface area contributed by atoms with Crippen LogP contribution in [0.25, 0.3) is 110 Å². The van der Waals surface area contributed by atoms with Crippen LogP contribution in [0.5, 0.6) is 0 Å². The van der Waals surface area contributed by atoms with E-state index in [1.807, 2.05) is 48.5 Å². The normalized spacial score (nSPS) is 11.7. The molecule has 0 saturated carbocycles. The number of fused-ring (bicyclic) bond motifs is 6. The molecule has 0 atom stereocenters. The Hall–Kier alpha value is -7.02. The van der Waals surface area contributed by atoms with Crippen LogP contribution in [0.4, 0.5) is 0 Å². The minimum atomic E-state index is 0.632. The first-order valence-electron chi connectivity index (χ1n) is 17.9. The zero-order valence-corrected chi connectivity index (χ0v) is 29.6. The third kappa shape index (κ3) is 5.15. The number of thiazole rings is 1. The Morgan fingerprint density at radius 3 is 1.65 bits per heavy atom. The van der Waals surface area contributed by atoms with Crippen molar-refractivity contribution in [3.8, 4) is 55.9 Å². The molecule has 0 radical (unpaired) electrons. The average molecular weight is 709 g/mol. The van der Waals surface area contributed by atoms with Crippen LogP contribution >= 0.6 is 11.3 Å². The Morgan fingerprint density at radius 1 is 0.389 bits per heavy atom. The molecule has 54 heavy (non-hydrogen) atoms. The van der Waals surface area contributed by atoms with Crippen molar-refractivity contribution < 1.29 is 4.42 Å². The lowest BCUT2D eigenvalue weighted by atomic mass is 9.96. The van der Waals surface area contributed by atoms with Crippen molar-refractivity contribution in [2.75, 3.05) is 0 Å². The van der Waals surface area contributed by atoms with Crippen molar-refractivity contribution in [1.29, 1.82) is 0 Å². The van der Waals surface area contributed by atoms with E-state index in [-0.39, 0.29) is 0 Å². The molecule has 3 heterocycles. The summed E-state index contributed by atoms with van der Waals surface area (Å²) < 4.78 is 7.58. The van der Waals surface area contributed by atoms with Gasteiger partial charge in [-0.15, -0.1) is 11.3 Å². The van der Waals surface area contributed by atoms with Gasteiger partial charge in [0.25, 0.3) is 0 Å². The summed E-state index contributed by atoms with van der Waals surface area (Å²) >= 11 is 1.73. The van der Waals surface area contributed by atoms with Crippen molar-refractivity contribution in [1.82, 2.24) is 19.9 Å². The van der Waals surface area contributed by atoms with Gasteiger partial charge in [-0.05, 0) is 51.4 Å². The topological polar surface area (TPSA) is 64.7 Å². The van der Waals surface area contributed by atoms with Gasteiger partial charge in [0.15, 0.2) is 17.5 Å². The standard InChI is InChI=1S/C48H28N4OS/c1-3-12-30(13-4-1)45-50-46(36-23-19-29-11-7-8-16-32(29)26-36)52-47(51-45)37-24-21-33-25-35(22-20-34(33)27-37)42-43-38-17-9-10-18-40(38)53-41(43)28-39-44(42)54-48(49-39)31-14-5-2-6-15-31/h1-28H. The van der Waals surface area contributed by atoms with Gasteiger partial charge in [-0.1, -0.05) is 140 Å². The first-order valence-corrected chi connectivity index (χ1v) is 18.7. The van der Waals surface area contributed by atoms with Crippen LogP contribution < -0.4 is 0 Å². The molecule has 6 heteroatoms. The van der Waals surface area contributed by atoms with E-state index in [0.717, 1.165) is 86.7 Å².